The highest BCUT2D eigenvalue weighted by Gasteiger charge is 2.48. The average molecular weight is 626 g/mol. The van der Waals surface area contributed by atoms with E-state index in [1.807, 2.05) is 25.7 Å². The third-order valence-corrected chi connectivity index (χ3v) is 10.3. The van der Waals surface area contributed by atoms with Gasteiger partial charge in [-0.2, -0.15) is 4.31 Å². The van der Waals surface area contributed by atoms with E-state index in [2.05, 4.69) is 10.6 Å². The van der Waals surface area contributed by atoms with E-state index in [0.717, 1.165) is 16.4 Å². The van der Waals surface area contributed by atoms with Crippen LogP contribution in [-0.4, -0.2) is 132 Å². The first kappa shape index (κ1) is 31.7. The van der Waals surface area contributed by atoms with E-state index in [9.17, 15) is 37.4 Å². The summed E-state index contributed by atoms with van der Waals surface area (Å²) >= 11 is 0. The van der Waals surface area contributed by atoms with Crippen molar-refractivity contribution in [1.29, 1.82) is 0 Å². The Hall–Kier alpha value is -2.69. The average Bonchev–Trinajstić information content (AvgIpc) is 3.44. The van der Waals surface area contributed by atoms with Gasteiger partial charge in [-0.05, 0) is 30.0 Å². The predicted octanol–water partition coefficient (Wildman–Crippen LogP) is -1.36. The first-order valence-corrected chi connectivity index (χ1v) is 16.0. The number of nitrogens with one attached hydrogen (secondary N) is 2. The Bertz CT molecular complexity index is 1360. The second-order valence-electron chi connectivity index (χ2n) is 13.0. The second-order valence-corrected chi connectivity index (χ2v) is 14.9. The van der Waals surface area contributed by atoms with Gasteiger partial charge in [0.25, 0.3) is 0 Å². The number of aliphatic hydroxyl groups excluding tert-OH is 2. The zero-order valence-corrected chi connectivity index (χ0v) is 25.3. The van der Waals surface area contributed by atoms with Crippen molar-refractivity contribution in [3.8, 4) is 0 Å². The minimum atomic E-state index is -4.34. The minimum absolute atomic E-state index is 0.00631. The summed E-state index contributed by atoms with van der Waals surface area (Å²) in [6.07, 6.45) is -4.79. The van der Waals surface area contributed by atoms with Crippen molar-refractivity contribution in [2.24, 2.45) is 5.41 Å². The first-order chi connectivity index (χ1) is 20.1. The summed E-state index contributed by atoms with van der Waals surface area (Å²) in [5.41, 5.74) is -0.177. The molecule has 15 heteroatoms. The highest BCUT2D eigenvalue weighted by atomic mass is 32.2. The predicted molar refractivity (Wildman–Crippen MR) is 150 cm³/mol. The van der Waals surface area contributed by atoms with Gasteiger partial charge in [-0.25, -0.2) is 12.8 Å². The molecular formula is C28H40FN5O8S. The molecule has 5 rings (SSSR count). The Morgan fingerprint density at radius 2 is 1.77 bits per heavy atom. The van der Waals surface area contributed by atoms with Crippen LogP contribution >= 0.6 is 0 Å². The SMILES string of the molecule is CC(C)(C)CN1C[C@@H]2C[C@H]1C(=O)N1CCN(S(=O)(=O)c3cccc(F)c3)[C@@H](C1)C(=O)NC[C@H]1O[C@@H](CC(=O)N2)[C@H](O)[C@@H]1O. The molecule has 0 aliphatic carbocycles. The fraction of sp³-hybridized carbons (Fsp3) is 0.679. The topological polar surface area (TPSA) is 169 Å². The van der Waals surface area contributed by atoms with E-state index in [0.29, 0.717) is 19.5 Å². The highest BCUT2D eigenvalue weighted by Crippen LogP contribution is 2.29. The number of benzene rings is 1. The monoisotopic (exact) mass is 625 g/mol. The number of halogens is 1. The summed E-state index contributed by atoms with van der Waals surface area (Å²) in [5.74, 6) is -2.16. The Balaban J connectivity index is 1.48. The number of ether oxygens (including phenoxy) is 1. The standard InChI is InChI=1S/C28H40FN5O8S/c1-28(2,3)15-33-13-17-10-19(33)27(39)32-7-8-34(43(40,41)18-6-4-5-16(29)9-18)20(14-32)26(38)30-12-22-25(37)24(36)21(42-22)11-23(35)31-17/h4-6,9,17,19-22,24-25,36-37H,7-8,10-15H2,1-3H3,(H,30,38)(H,31,35)/t17-,19-,20-,21-,22+,24-,25+/m0/s1. The molecule has 0 spiro atoms. The van der Waals surface area contributed by atoms with Gasteiger partial charge in [-0.1, -0.05) is 26.8 Å². The van der Waals surface area contributed by atoms with Crippen LogP contribution in [0.15, 0.2) is 29.2 Å². The summed E-state index contributed by atoms with van der Waals surface area (Å²) in [7, 11) is -4.34. The van der Waals surface area contributed by atoms with E-state index in [-0.39, 0.29) is 54.9 Å². The molecule has 3 amide bonds. The summed E-state index contributed by atoms with van der Waals surface area (Å²) in [4.78, 5) is 43.7. The molecule has 0 aromatic heterocycles. The van der Waals surface area contributed by atoms with Crippen LogP contribution in [-0.2, 0) is 29.1 Å². The largest absolute Gasteiger partial charge is 0.388 e. The van der Waals surface area contributed by atoms with Crippen molar-refractivity contribution in [2.75, 3.05) is 39.3 Å². The fourth-order valence-electron chi connectivity index (χ4n) is 6.44. The lowest BCUT2D eigenvalue weighted by molar-refractivity contribution is -0.140. The highest BCUT2D eigenvalue weighted by molar-refractivity contribution is 7.89. The van der Waals surface area contributed by atoms with E-state index >= 15 is 0 Å². The number of carbonyl (C=O) groups is 3. The lowest BCUT2D eigenvalue weighted by Gasteiger charge is -2.41. The van der Waals surface area contributed by atoms with Gasteiger partial charge < -0.3 is 30.5 Å². The van der Waals surface area contributed by atoms with E-state index in [4.69, 9.17) is 4.74 Å². The first-order valence-electron chi connectivity index (χ1n) is 14.5. The zero-order chi connectivity index (χ0) is 31.3. The van der Waals surface area contributed by atoms with Crippen LogP contribution in [0.5, 0.6) is 0 Å². The molecule has 4 aliphatic rings. The molecule has 0 saturated carbocycles. The maximum atomic E-state index is 14.0. The number of piperazine rings is 1. The summed E-state index contributed by atoms with van der Waals surface area (Å²) in [6, 6.07) is 2.15. The van der Waals surface area contributed by atoms with E-state index < -0.39 is 64.2 Å². The number of carbonyl (C=O) groups excluding carboxylic acids is 3. The molecule has 238 valence electrons. The Labute approximate surface area is 250 Å². The van der Waals surface area contributed by atoms with Crippen LogP contribution < -0.4 is 10.6 Å². The number of hydrogen-bond acceptors (Lipinski definition) is 9. The maximum absolute atomic E-state index is 14.0. The molecule has 4 fully saturated rings. The molecule has 4 N–H and O–H groups in total. The normalized spacial score (nSPS) is 33.4. The fourth-order valence-corrected chi connectivity index (χ4v) is 8.04. The van der Waals surface area contributed by atoms with Crippen LogP contribution in [0.4, 0.5) is 4.39 Å². The molecule has 1 aromatic carbocycles. The zero-order valence-electron chi connectivity index (χ0n) is 24.5. The van der Waals surface area contributed by atoms with Crippen molar-refractivity contribution in [1.82, 2.24) is 24.7 Å². The number of amides is 3. The van der Waals surface area contributed by atoms with Crippen molar-refractivity contribution < 1.29 is 42.1 Å². The molecule has 0 radical (unpaired) electrons. The molecule has 4 saturated heterocycles. The summed E-state index contributed by atoms with van der Waals surface area (Å²) < 4.78 is 48.0. The lowest BCUT2D eigenvalue weighted by Crippen LogP contribution is -2.63. The van der Waals surface area contributed by atoms with Gasteiger partial charge in [0.15, 0.2) is 0 Å². The molecule has 1 aromatic rings. The van der Waals surface area contributed by atoms with Crippen molar-refractivity contribution in [2.45, 2.75) is 81.0 Å². The van der Waals surface area contributed by atoms with Crippen LogP contribution in [0, 0.1) is 11.2 Å². The molecule has 4 heterocycles. The Morgan fingerprint density at radius 1 is 1.05 bits per heavy atom. The maximum Gasteiger partial charge on any atom is 0.244 e. The molecular weight excluding hydrogens is 585 g/mol. The van der Waals surface area contributed by atoms with Crippen LogP contribution in [0.25, 0.3) is 0 Å². The van der Waals surface area contributed by atoms with Gasteiger partial charge in [0, 0.05) is 45.3 Å². The Morgan fingerprint density at radius 3 is 2.47 bits per heavy atom. The van der Waals surface area contributed by atoms with Crippen molar-refractivity contribution >= 4 is 27.7 Å². The van der Waals surface area contributed by atoms with Crippen molar-refractivity contribution in [3.05, 3.63) is 30.1 Å². The molecule has 43 heavy (non-hydrogen) atoms. The van der Waals surface area contributed by atoms with Crippen molar-refractivity contribution in [3.63, 3.8) is 0 Å². The minimum Gasteiger partial charge on any atom is -0.388 e. The summed E-state index contributed by atoms with van der Waals surface area (Å²) in [5, 5.41) is 26.7. The van der Waals surface area contributed by atoms with Gasteiger partial charge in [0.05, 0.1) is 23.5 Å². The van der Waals surface area contributed by atoms with Crippen LogP contribution in [0.3, 0.4) is 0 Å². The second kappa shape index (κ2) is 12.0. The number of sulfonamides is 1. The van der Waals surface area contributed by atoms with Gasteiger partial charge >= 0.3 is 0 Å². The Kier molecular flexibility index (Phi) is 8.86. The number of nitrogens with zero attached hydrogens (tertiary/aromatic N) is 3. The molecule has 7 atom stereocenters. The third-order valence-electron chi connectivity index (χ3n) is 8.40. The number of hydrogen-bond donors (Lipinski definition) is 4. The van der Waals surface area contributed by atoms with E-state index in [1.165, 1.54) is 17.0 Å². The number of aliphatic hydroxyl groups is 2. The number of likely N-dealkylation sites (tertiary alicyclic amines) is 1. The molecule has 4 aliphatic heterocycles. The molecule has 13 nitrogen and oxygen atoms in total. The third kappa shape index (κ3) is 6.71. The van der Waals surface area contributed by atoms with Crippen LogP contribution in [0.1, 0.15) is 33.6 Å². The van der Waals surface area contributed by atoms with Crippen LogP contribution in [0.2, 0.25) is 0 Å². The molecule has 0 unspecified atom stereocenters. The number of fused-ring (bicyclic) bond motifs is 6. The quantitative estimate of drug-likeness (QED) is 0.317. The molecule has 6 bridgehead atoms. The van der Waals surface area contributed by atoms with Gasteiger partial charge in [0.2, 0.25) is 27.7 Å². The number of rotatable bonds is 3. The van der Waals surface area contributed by atoms with Gasteiger partial charge in [0.1, 0.15) is 30.2 Å². The van der Waals surface area contributed by atoms with Gasteiger partial charge in [-0.15, -0.1) is 0 Å². The lowest BCUT2D eigenvalue weighted by atomic mass is 9.95. The van der Waals surface area contributed by atoms with E-state index in [1.54, 1.807) is 0 Å². The smallest absolute Gasteiger partial charge is 0.244 e. The summed E-state index contributed by atoms with van der Waals surface area (Å²) in [6.45, 7) is 6.31. The van der Waals surface area contributed by atoms with Gasteiger partial charge in [-0.3, -0.25) is 19.3 Å².